The summed E-state index contributed by atoms with van der Waals surface area (Å²) in [5.41, 5.74) is 1.57. The third-order valence-corrected chi connectivity index (χ3v) is 2.46. The third-order valence-electron chi connectivity index (χ3n) is 2.46. The molecule has 0 aliphatic rings. The van der Waals surface area contributed by atoms with Gasteiger partial charge in [0.05, 0.1) is 7.11 Å². The lowest BCUT2D eigenvalue weighted by Crippen LogP contribution is -2.02. The number of ether oxygens (including phenoxy) is 1. The summed E-state index contributed by atoms with van der Waals surface area (Å²) >= 11 is 0. The highest BCUT2D eigenvalue weighted by Crippen LogP contribution is 2.28. The minimum atomic E-state index is -0.681. The molecule has 0 saturated heterocycles. The van der Waals surface area contributed by atoms with E-state index in [0.29, 0.717) is 5.75 Å². The highest BCUT2D eigenvalue weighted by atomic mass is 16.5. The first-order chi connectivity index (χ1) is 7.83. The fraction of sp³-hybridized carbons (Fsp3) is 0.154. The molecular formula is C13H13NO2. The Kier molecular flexibility index (Phi) is 3.17. The molecule has 0 aliphatic carbocycles. The lowest BCUT2D eigenvalue weighted by Gasteiger charge is -2.14. The van der Waals surface area contributed by atoms with E-state index in [2.05, 4.69) is 4.98 Å². The fourth-order valence-corrected chi connectivity index (χ4v) is 1.62. The van der Waals surface area contributed by atoms with Crippen molar-refractivity contribution in [2.45, 2.75) is 6.10 Å². The Morgan fingerprint density at radius 2 is 1.81 bits per heavy atom. The van der Waals surface area contributed by atoms with Crippen LogP contribution < -0.4 is 4.74 Å². The molecule has 0 radical (unpaired) electrons. The first-order valence-electron chi connectivity index (χ1n) is 5.04. The number of aromatic nitrogens is 1. The summed E-state index contributed by atoms with van der Waals surface area (Å²) in [4.78, 5) is 3.92. The quantitative estimate of drug-likeness (QED) is 0.853. The van der Waals surface area contributed by atoms with E-state index >= 15 is 0 Å². The summed E-state index contributed by atoms with van der Waals surface area (Å²) in [6.45, 7) is 0. The number of benzene rings is 1. The number of aliphatic hydroxyl groups excluding tert-OH is 1. The second-order valence-corrected chi connectivity index (χ2v) is 3.43. The number of nitrogens with zero attached hydrogens (tertiary/aromatic N) is 1. The lowest BCUT2D eigenvalue weighted by molar-refractivity contribution is 0.214. The van der Waals surface area contributed by atoms with Crippen LogP contribution >= 0.6 is 0 Å². The van der Waals surface area contributed by atoms with E-state index < -0.39 is 6.10 Å². The number of hydrogen-bond acceptors (Lipinski definition) is 3. The molecule has 2 aromatic rings. The lowest BCUT2D eigenvalue weighted by atomic mass is 10.0. The summed E-state index contributed by atoms with van der Waals surface area (Å²) < 4.78 is 5.21. The largest absolute Gasteiger partial charge is 0.496 e. The van der Waals surface area contributed by atoms with Gasteiger partial charge in [-0.25, -0.2) is 0 Å². The molecular weight excluding hydrogens is 202 g/mol. The van der Waals surface area contributed by atoms with E-state index in [-0.39, 0.29) is 0 Å². The van der Waals surface area contributed by atoms with Crippen molar-refractivity contribution in [2.75, 3.05) is 7.11 Å². The molecule has 1 heterocycles. The van der Waals surface area contributed by atoms with Gasteiger partial charge < -0.3 is 9.84 Å². The summed E-state index contributed by atoms with van der Waals surface area (Å²) in [7, 11) is 1.60. The molecule has 16 heavy (non-hydrogen) atoms. The Bertz CT molecular complexity index is 456. The minimum absolute atomic E-state index is 0.681. The van der Waals surface area contributed by atoms with Crippen LogP contribution in [0.5, 0.6) is 5.75 Å². The third kappa shape index (κ3) is 2.04. The molecule has 0 spiro atoms. The maximum atomic E-state index is 10.2. The van der Waals surface area contributed by atoms with Crippen molar-refractivity contribution in [1.29, 1.82) is 0 Å². The van der Waals surface area contributed by atoms with Crippen molar-refractivity contribution in [3.8, 4) is 5.75 Å². The van der Waals surface area contributed by atoms with E-state index in [1.165, 1.54) is 0 Å². The van der Waals surface area contributed by atoms with Crippen LogP contribution in [-0.4, -0.2) is 17.2 Å². The van der Waals surface area contributed by atoms with Crippen LogP contribution in [0.2, 0.25) is 0 Å². The van der Waals surface area contributed by atoms with Crippen LogP contribution in [-0.2, 0) is 0 Å². The molecule has 2 rings (SSSR count). The van der Waals surface area contributed by atoms with Crippen LogP contribution in [0.1, 0.15) is 17.2 Å². The molecule has 0 amide bonds. The molecule has 82 valence electrons. The predicted molar refractivity (Wildman–Crippen MR) is 61.3 cm³/mol. The molecule has 1 aromatic heterocycles. The van der Waals surface area contributed by atoms with Crippen LogP contribution in [0.3, 0.4) is 0 Å². The van der Waals surface area contributed by atoms with Crippen molar-refractivity contribution in [1.82, 2.24) is 4.98 Å². The zero-order valence-corrected chi connectivity index (χ0v) is 9.00. The molecule has 3 heteroatoms. The SMILES string of the molecule is COc1ccccc1[C@@H](O)c1ccncc1. The van der Waals surface area contributed by atoms with Crippen molar-refractivity contribution in [3.05, 3.63) is 59.9 Å². The van der Waals surface area contributed by atoms with E-state index in [1.54, 1.807) is 31.6 Å². The van der Waals surface area contributed by atoms with Crippen LogP contribution in [0.25, 0.3) is 0 Å². The number of aliphatic hydroxyl groups is 1. The monoisotopic (exact) mass is 215 g/mol. The smallest absolute Gasteiger partial charge is 0.125 e. The van der Waals surface area contributed by atoms with Gasteiger partial charge in [0.2, 0.25) is 0 Å². The maximum absolute atomic E-state index is 10.2. The fourth-order valence-electron chi connectivity index (χ4n) is 1.62. The van der Waals surface area contributed by atoms with Gasteiger partial charge in [0.15, 0.2) is 0 Å². The average molecular weight is 215 g/mol. The Morgan fingerprint density at radius 1 is 1.12 bits per heavy atom. The topological polar surface area (TPSA) is 42.4 Å². The van der Waals surface area contributed by atoms with Gasteiger partial charge in [0.1, 0.15) is 11.9 Å². The molecule has 3 nitrogen and oxygen atoms in total. The van der Waals surface area contributed by atoms with Gasteiger partial charge in [0.25, 0.3) is 0 Å². The Hall–Kier alpha value is -1.87. The highest BCUT2D eigenvalue weighted by molar-refractivity contribution is 5.39. The Morgan fingerprint density at radius 3 is 2.50 bits per heavy atom. The number of hydrogen-bond donors (Lipinski definition) is 1. The van der Waals surface area contributed by atoms with Crippen LogP contribution in [0, 0.1) is 0 Å². The standard InChI is InChI=1S/C13H13NO2/c1-16-12-5-3-2-4-11(12)13(15)10-6-8-14-9-7-10/h2-9,13,15H,1H3/t13-/m0/s1. The summed E-state index contributed by atoms with van der Waals surface area (Å²) in [6.07, 6.45) is 2.64. The van der Waals surface area contributed by atoms with E-state index in [0.717, 1.165) is 11.1 Å². The van der Waals surface area contributed by atoms with Crippen LogP contribution in [0.4, 0.5) is 0 Å². The molecule has 0 aliphatic heterocycles. The number of pyridine rings is 1. The molecule has 0 bridgehead atoms. The summed E-state index contributed by atoms with van der Waals surface area (Å²) in [5.74, 6) is 0.687. The number of methoxy groups -OCH3 is 1. The molecule has 0 saturated carbocycles. The van der Waals surface area contributed by atoms with E-state index in [4.69, 9.17) is 4.74 Å². The summed E-state index contributed by atoms with van der Waals surface area (Å²) in [5, 5.41) is 10.2. The predicted octanol–water partition coefficient (Wildman–Crippen LogP) is 2.17. The van der Waals surface area contributed by atoms with E-state index in [9.17, 15) is 5.11 Å². The highest BCUT2D eigenvalue weighted by Gasteiger charge is 2.14. The average Bonchev–Trinajstić information content (AvgIpc) is 2.39. The molecule has 0 unspecified atom stereocenters. The second-order valence-electron chi connectivity index (χ2n) is 3.43. The van der Waals surface area contributed by atoms with Gasteiger partial charge in [0, 0.05) is 18.0 Å². The van der Waals surface area contributed by atoms with Crippen molar-refractivity contribution < 1.29 is 9.84 Å². The second kappa shape index (κ2) is 4.77. The van der Waals surface area contributed by atoms with Gasteiger partial charge in [-0.1, -0.05) is 18.2 Å². The van der Waals surface area contributed by atoms with Crippen LogP contribution in [0.15, 0.2) is 48.8 Å². The van der Waals surface area contributed by atoms with Crippen molar-refractivity contribution >= 4 is 0 Å². The Labute approximate surface area is 94.3 Å². The first-order valence-corrected chi connectivity index (χ1v) is 5.04. The van der Waals surface area contributed by atoms with Crippen molar-refractivity contribution in [3.63, 3.8) is 0 Å². The number of rotatable bonds is 3. The minimum Gasteiger partial charge on any atom is -0.496 e. The van der Waals surface area contributed by atoms with Gasteiger partial charge >= 0.3 is 0 Å². The van der Waals surface area contributed by atoms with Gasteiger partial charge in [-0.15, -0.1) is 0 Å². The zero-order valence-electron chi connectivity index (χ0n) is 9.00. The summed E-state index contributed by atoms with van der Waals surface area (Å²) in [6, 6.07) is 11.0. The first kappa shape index (κ1) is 10.6. The molecule has 1 aromatic carbocycles. The molecule has 0 fully saturated rings. The van der Waals surface area contributed by atoms with Gasteiger partial charge in [-0.3, -0.25) is 4.98 Å². The van der Waals surface area contributed by atoms with Gasteiger partial charge in [-0.05, 0) is 23.8 Å². The maximum Gasteiger partial charge on any atom is 0.125 e. The zero-order chi connectivity index (χ0) is 11.4. The Balaban J connectivity index is 2.37. The van der Waals surface area contributed by atoms with E-state index in [1.807, 2.05) is 24.3 Å². The van der Waals surface area contributed by atoms with Crippen molar-refractivity contribution in [2.24, 2.45) is 0 Å². The normalized spacial score (nSPS) is 12.1. The van der Waals surface area contributed by atoms with Gasteiger partial charge in [-0.2, -0.15) is 0 Å². The molecule has 1 N–H and O–H groups in total. The molecule has 1 atom stereocenters. The number of para-hydroxylation sites is 1.